The Labute approximate surface area is 104 Å². The van der Waals surface area contributed by atoms with Gasteiger partial charge in [-0.3, -0.25) is 0 Å². The summed E-state index contributed by atoms with van der Waals surface area (Å²) in [6, 6.07) is 3.89. The summed E-state index contributed by atoms with van der Waals surface area (Å²) in [6.45, 7) is 0.768. The molecule has 1 rings (SSSR count). The minimum Gasteiger partial charge on any atom is -0.411 e. The third-order valence-electron chi connectivity index (χ3n) is 2.03. The van der Waals surface area contributed by atoms with Crippen LogP contribution in [0.25, 0.3) is 0 Å². The van der Waals surface area contributed by atoms with Gasteiger partial charge in [-0.05, 0) is 36.5 Å². The lowest BCUT2D eigenvalue weighted by Crippen LogP contribution is -2.33. The molecule has 0 unspecified atom stereocenters. The van der Waals surface area contributed by atoms with Gasteiger partial charge in [0.1, 0.15) is 0 Å². The molecule has 16 heavy (non-hydrogen) atoms. The monoisotopic (exact) mass is 257 g/mol. The standard InChI is InChI=1S/C10H15N3OS2/c1-11-10(15)12-6-2-4-8(13-14)9-5-3-7-16-9/h3,5,7,14H,2,4,6H2,1H3,(H2,11,12,15)/b13-8-. The van der Waals surface area contributed by atoms with Gasteiger partial charge in [0.05, 0.1) is 10.6 Å². The number of nitrogens with one attached hydrogen (secondary N) is 2. The second-order valence-corrected chi connectivity index (χ2v) is 4.49. The van der Waals surface area contributed by atoms with E-state index in [2.05, 4.69) is 15.8 Å². The van der Waals surface area contributed by atoms with E-state index in [4.69, 9.17) is 17.4 Å². The van der Waals surface area contributed by atoms with Gasteiger partial charge in [-0.15, -0.1) is 11.3 Å². The summed E-state index contributed by atoms with van der Waals surface area (Å²) in [7, 11) is 1.78. The van der Waals surface area contributed by atoms with E-state index in [1.807, 2.05) is 17.5 Å². The topological polar surface area (TPSA) is 56.7 Å². The fraction of sp³-hybridized carbons (Fsp3) is 0.400. The zero-order valence-corrected chi connectivity index (χ0v) is 10.7. The largest absolute Gasteiger partial charge is 0.411 e. The van der Waals surface area contributed by atoms with E-state index in [1.54, 1.807) is 18.4 Å². The predicted molar refractivity (Wildman–Crippen MR) is 71.5 cm³/mol. The Morgan fingerprint density at radius 3 is 3.00 bits per heavy atom. The van der Waals surface area contributed by atoms with Crippen molar-refractivity contribution in [3.8, 4) is 0 Å². The Morgan fingerprint density at radius 2 is 2.44 bits per heavy atom. The average Bonchev–Trinajstić information content (AvgIpc) is 2.82. The molecule has 0 aliphatic carbocycles. The lowest BCUT2D eigenvalue weighted by atomic mass is 10.2. The number of hydrogen-bond donors (Lipinski definition) is 3. The van der Waals surface area contributed by atoms with Crippen LogP contribution in [0, 0.1) is 0 Å². The molecule has 0 aliphatic rings. The van der Waals surface area contributed by atoms with Crippen molar-refractivity contribution in [2.45, 2.75) is 12.8 Å². The molecule has 0 bridgehead atoms. The molecule has 1 aromatic rings. The minimum atomic E-state index is 0.638. The summed E-state index contributed by atoms with van der Waals surface area (Å²) in [6.07, 6.45) is 1.61. The number of thiocarbonyl (C=S) groups is 1. The molecule has 0 radical (unpaired) electrons. The highest BCUT2D eigenvalue weighted by molar-refractivity contribution is 7.80. The van der Waals surface area contributed by atoms with Crippen molar-refractivity contribution in [2.24, 2.45) is 5.16 Å². The molecular weight excluding hydrogens is 242 g/mol. The molecule has 0 atom stereocenters. The van der Waals surface area contributed by atoms with Gasteiger partial charge in [0.15, 0.2) is 5.11 Å². The van der Waals surface area contributed by atoms with Gasteiger partial charge in [0.2, 0.25) is 0 Å². The lowest BCUT2D eigenvalue weighted by molar-refractivity contribution is 0.318. The highest BCUT2D eigenvalue weighted by Gasteiger charge is 2.04. The van der Waals surface area contributed by atoms with E-state index in [1.165, 1.54) is 0 Å². The van der Waals surface area contributed by atoms with Crippen LogP contribution in [0.1, 0.15) is 17.7 Å². The van der Waals surface area contributed by atoms with Gasteiger partial charge < -0.3 is 15.8 Å². The van der Waals surface area contributed by atoms with Crippen LogP contribution in [0.2, 0.25) is 0 Å². The van der Waals surface area contributed by atoms with Crippen molar-refractivity contribution >= 4 is 34.4 Å². The Morgan fingerprint density at radius 1 is 1.62 bits per heavy atom. The third-order valence-corrected chi connectivity index (χ3v) is 3.30. The van der Waals surface area contributed by atoms with Crippen LogP contribution < -0.4 is 10.6 Å². The van der Waals surface area contributed by atoms with Gasteiger partial charge >= 0.3 is 0 Å². The molecule has 0 aromatic carbocycles. The predicted octanol–water partition coefficient (Wildman–Crippen LogP) is 1.80. The maximum absolute atomic E-state index is 8.89. The van der Waals surface area contributed by atoms with Crippen LogP contribution in [0.15, 0.2) is 22.7 Å². The quantitative estimate of drug-likeness (QED) is 0.247. The number of oxime groups is 1. The SMILES string of the molecule is CNC(=S)NCCC/C(=N/O)c1cccs1. The van der Waals surface area contributed by atoms with Gasteiger partial charge in [0.25, 0.3) is 0 Å². The normalized spacial score (nSPS) is 11.2. The molecule has 0 saturated carbocycles. The van der Waals surface area contributed by atoms with E-state index >= 15 is 0 Å². The number of rotatable bonds is 5. The van der Waals surface area contributed by atoms with Crippen molar-refractivity contribution in [3.63, 3.8) is 0 Å². The van der Waals surface area contributed by atoms with E-state index in [0.717, 1.165) is 30.0 Å². The first-order valence-corrected chi connectivity index (χ1v) is 6.27. The minimum absolute atomic E-state index is 0.638. The van der Waals surface area contributed by atoms with E-state index in [9.17, 15) is 0 Å². The molecule has 1 heterocycles. The molecule has 0 spiro atoms. The molecule has 4 nitrogen and oxygen atoms in total. The molecule has 6 heteroatoms. The van der Waals surface area contributed by atoms with Crippen molar-refractivity contribution < 1.29 is 5.21 Å². The number of nitrogens with zero attached hydrogens (tertiary/aromatic N) is 1. The van der Waals surface area contributed by atoms with Crippen LogP contribution in [-0.4, -0.2) is 29.6 Å². The van der Waals surface area contributed by atoms with Crippen molar-refractivity contribution in [1.29, 1.82) is 0 Å². The zero-order chi connectivity index (χ0) is 11.8. The second kappa shape index (κ2) is 7.19. The Kier molecular flexibility index (Phi) is 5.81. The molecule has 0 amide bonds. The smallest absolute Gasteiger partial charge is 0.166 e. The first-order chi connectivity index (χ1) is 7.77. The molecule has 0 fully saturated rings. The summed E-state index contributed by atoms with van der Waals surface area (Å²) in [5, 5.41) is 20.7. The molecule has 88 valence electrons. The highest BCUT2D eigenvalue weighted by atomic mass is 32.1. The van der Waals surface area contributed by atoms with Crippen LogP contribution in [0.5, 0.6) is 0 Å². The van der Waals surface area contributed by atoms with Gasteiger partial charge in [-0.25, -0.2) is 0 Å². The summed E-state index contributed by atoms with van der Waals surface area (Å²) in [5.74, 6) is 0. The lowest BCUT2D eigenvalue weighted by Gasteiger charge is -2.06. The summed E-state index contributed by atoms with van der Waals surface area (Å²) in [5.41, 5.74) is 0.729. The number of hydrogen-bond acceptors (Lipinski definition) is 4. The van der Waals surface area contributed by atoms with Gasteiger partial charge in [0, 0.05) is 13.6 Å². The Balaban J connectivity index is 2.29. The van der Waals surface area contributed by atoms with E-state index < -0.39 is 0 Å². The maximum Gasteiger partial charge on any atom is 0.166 e. The Bertz CT molecular complexity index is 349. The van der Waals surface area contributed by atoms with Crippen molar-refractivity contribution in [1.82, 2.24) is 10.6 Å². The molecular formula is C10H15N3OS2. The Hall–Kier alpha value is -1.14. The molecule has 0 aliphatic heterocycles. The second-order valence-electron chi connectivity index (χ2n) is 3.13. The molecule has 1 aromatic heterocycles. The average molecular weight is 257 g/mol. The van der Waals surface area contributed by atoms with E-state index in [-0.39, 0.29) is 0 Å². The third kappa shape index (κ3) is 4.16. The van der Waals surface area contributed by atoms with Crippen LogP contribution in [0.4, 0.5) is 0 Å². The van der Waals surface area contributed by atoms with E-state index in [0.29, 0.717) is 5.11 Å². The maximum atomic E-state index is 8.89. The summed E-state index contributed by atoms with van der Waals surface area (Å²) < 4.78 is 0. The van der Waals surface area contributed by atoms with Crippen LogP contribution in [0.3, 0.4) is 0 Å². The van der Waals surface area contributed by atoms with Gasteiger partial charge in [-0.1, -0.05) is 11.2 Å². The highest BCUT2D eigenvalue weighted by Crippen LogP contribution is 2.12. The van der Waals surface area contributed by atoms with Crippen molar-refractivity contribution in [2.75, 3.05) is 13.6 Å². The molecule has 0 saturated heterocycles. The summed E-state index contributed by atoms with van der Waals surface area (Å²) in [4.78, 5) is 1.01. The fourth-order valence-electron chi connectivity index (χ4n) is 1.21. The van der Waals surface area contributed by atoms with Gasteiger partial charge in [-0.2, -0.15) is 0 Å². The number of thiophene rings is 1. The van der Waals surface area contributed by atoms with Crippen molar-refractivity contribution in [3.05, 3.63) is 22.4 Å². The first kappa shape index (κ1) is 12.9. The first-order valence-electron chi connectivity index (χ1n) is 4.98. The zero-order valence-electron chi connectivity index (χ0n) is 9.06. The van der Waals surface area contributed by atoms with Crippen LogP contribution in [-0.2, 0) is 0 Å². The van der Waals surface area contributed by atoms with Crippen LogP contribution >= 0.6 is 23.6 Å². The molecule has 3 N–H and O–H groups in total. The summed E-state index contributed by atoms with van der Waals surface area (Å²) >= 11 is 6.52. The fourth-order valence-corrected chi connectivity index (χ4v) is 2.05.